The van der Waals surface area contributed by atoms with Crippen molar-refractivity contribution >= 4 is 0 Å². The molecule has 0 aromatic carbocycles. The number of hydrogen-bond donors (Lipinski definition) is 0. The van der Waals surface area contributed by atoms with Gasteiger partial charge in [0.25, 0.3) is 0 Å². The van der Waals surface area contributed by atoms with Crippen LogP contribution in [0.4, 0.5) is 0 Å². The van der Waals surface area contributed by atoms with Gasteiger partial charge in [-0.15, -0.1) is 0 Å². The summed E-state index contributed by atoms with van der Waals surface area (Å²) in [5, 5.41) is 0. The Labute approximate surface area is 92.8 Å². The van der Waals surface area contributed by atoms with E-state index in [-0.39, 0.29) is 0 Å². The average molecular weight is 201 g/mol. The molecule has 0 fully saturated rings. The Bertz CT molecular complexity index is 356. The molecule has 0 radical (unpaired) electrons. The number of allylic oxidation sites excluding steroid dienone is 3. The number of rotatable bonds is 3. The summed E-state index contributed by atoms with van der Waals surface area (Å²) >= 11 is 0. The zero-order valence-electron chi connectivity index (χ0n) is 9.71. The second-order valence-electron chi connectivity index (χ2n) is 3.83. The fraction of sp³-hybridized carbons (Fsp3) is 0.286. The Morgan fingerprint density at radius 3 is 2.47 bits per heavy atom. The summed E-state index contributed by atoms with van der Waals surface area (Å²) < 4.78 is 0. The molecular weight excluding hydrogens is 182 g/mol. The predicted octanol–water partition coefficient (Wildman–Crippen LogP) is 3.10. The van der Waals surface area contributed by atoms with E-state index in [1.165, 1.54) is 11.1 Å². The summed E-state index contributed by atoms with van der Waals surface area (Å²) in [6.07, 6.45) is 5.88. The molecular formula is C14H19N. The molecule has 1 heteroatoms. The lowest BCUT2D eigenvalue weighted by Gasteiger charge is -2.29. The van der Waals surface area contributed by atoms with Gasteiger partial charge in [-0.05, 0) is 36.3 Å². The van der Waals surface area contributed by atoms with E-state index in [1.54, 1.807) is 0 Å². The quantitative estimate of drug-likeness (QED) is 0.634. The molecule has 1 nitrogen and oxygen atoms in total. The normalized spacial score (nSPS) is 19.3. The standard InChI is InChI=1S/C14H19N/c1-6-12(7-2)14-11(4)9-15(5)10-13(14)8-3/h6-8H,1,3-4,9-10H2,2,5H3/b12-7-. The fourth-order valence-electron chi connectivity index (χ4n) is 1.98. The summed E-state index contributed by atoms with van der Waals surface area (Å²) in [5.74, 6) is 0. The molecule has 0 bridgehead atoms. The van der Waals surface area contributed by atoms with Gasteiger partial charge in [0.2, 0.25) is 0 Å². The number of likely N-dealkylation sites (N-methyl/N-ethyl adjacent to an activating group) is 1. The number of hydrogen-bond acceptors (Lipinski definition) is 1. The first-order valence-corrected chi connectivity index (χ1v) is 5.15. The van der Waals surface area contributed by atoms with E-state index in [0.29, 0.717) is 0 Å². The molecule has 80 valence electrons. The Morgan fingerprint density at radius 1 is 1.33 bits per heavy atom. The molecule has 0 saturated carbocycles. The minimum atomic E-state index is 0.915. The van der Waals surface area contributed by atoms with E-state index in [1.807, 2.05) is 19.1 Å². The first-order valence-electron chi connectivity index (χ1n) is 5.15. The third kappa shape index (κ3) is 2.37. The van der Waals surface area contributed by atoms with Gasteiger partial charge >= 0.3 is 0 Å². The average Bonchev–Trinajstić information content (AvgIpc) is 2.21. The molecule has 0 unspecified atom stereocenters. The molecule has 0 amide bonds. The molecule has 0 spiro atoms. The molecule has 15 heavy (non-hydrogen) atoms. The topological polar surface area (TPSA) is 3.24 Å². The first kappa shape index (κ1) is 11.7. The SMILES string of the molecule is C=CC1=C(/C(C=C)=C\C)C(=C)CN(C)C1. The first-order chi connectivity index (χ1) is 7.13. The maximum Gasteiger partial charge on any atom is 0.0240 e. The third-order valence-electron chi connectivity index (χ3n) is 2.64. The molecule has 1 aliphatic rings. The van der Waals surface area contributed by atoms with E-state index in [4.69, 9.17) is 0 Å². The Hall–Kier alpha value is -1.34. The lowest BCUT2D eigenvalue weighted by atomic mass is 9.90. The van der Waals surface area contributed by atoms with E-state index in [2.05, 4.69) is 37.8 Å². The van der Waals surface area contributed by atoms with Gasteiger partial charge in [-0.2, -0.15) is 0 Å². The van der Waals surface area contributed by atoms with Crippen LogP contribution in [0.2, 0.25) is 0 Å². The molecule has 1 rings (SSSR count). The van der Waals surface area contributed by atoms with E-state index in [0.717, 1.165) is 24.2 Å². The van der Waals surface area contributed by atoms with Crippen LogP contribution < -0.4 is 0 Å². The summed E-state index contributed by atoms with van der Waals surface area (Å²) in [4.78, 5) is 2.24. The maximum absolute atomic E-state index is 4.13. The van der Waals surface area contributed by atoms with Crippen molar-refractivity contribution < 1.29 is 0 Å². The molecule has 0 aromatic rings. The van der Waals surface area contributed by atoms with Gasteiger partial charge in [-0.25, -0.2) is 0 Å². The minimum absolute atomic E-state index is 0.915. The molecule has 1 aliphatic heterocycles. The van der Waals surface area contributed by atoms with Crippen LogP contribution in [0.25, 0.3) is 0 Å². The Balaban J connectivity index is 3.25. The highest BCUT2D eigenvalue weighted by molar-refractivity contribution is 5.57. The minimum Gasteiger partial charge on any atom is -0.298 e. The monoisotopic (exact) mass is 201 g/mol. The van der Waals surface area contributed by atoms with Gasteiger partial charge in [0.1, 0.15) is 0 Å². The van der Waals surface area contributed by atoms with Crippen molar-refractivity contribution in [3.05, 3.63) is 60.3 Å². The fourth-order valence-corrected chi connectivity index (χ4v) is 1.98. The summed E-state index contributed by atoms with van der Waals surface area (Å²) in [6, 6.07) is 0. The van der Waals surface area contributed by atoms with Crippen LogP contribution in [0.5, 0.6) is 0 Å². The van der Waals surface area contributed by atoms with Gasteiger partial charge in [0, 0.05) is 13.1 Å². The van der Waals surface area contributed by atoms with Crippen LogP contribution in [0.15, 0.2) is 60.3 Å². The highest BCUT2D eigenvalue weighted by Crippen LogP contribution is 2.28. The van der Waals surface area contributed by atoms with Gasteiger partial charge in [0.05, 0.1) is 0 Å². The molecule has 0 saturated heterocycles. The highest BCUT2D eigenvalue weighted by Gasteiger charge is 2.18. The van der Waals surface area contributed by atoms with Crippen molar-refractivity contribution in [2.24, 2.45) is 0 Å². The van der Waals surface area contributed by atoms with Crippen LogP contribution in [0.1, 0.15) is 6.92 Å². The third-order valence-corrected chi connectivity index (χ3v) is 2.64. The van der Waals surface area contributed by atoms with Crippen LogP contribution >= 0.6 is 0 Å². The maximum atomic E-state index is 4.13. The van der Waals surface area contributed by atoms with Crippen LogP contribution in [0.3, 0.4) is 0 Å². The zero-order valence-corrected chi connectivity index (χ0v) is 9.71. The van der Waals surface area contributed by atoms with E-state index >= 15 is 0 Å². The van der Waals surface area contributed by atoms with Crippen molar-refractivity contribution in [2.75, 3.05) is 20.1 Å². The molecule has 0 aromatic heterocycles. The van der Waals surface area contributed by atoms with Gasteiger partial charge in [0.15, 0.2) is 0 Å². The largest absolute Gasteiger partial charge is 0.298 e. The highest BCUT2D eigenvalue weighted by atomic mass is 15.1. The number of nitrogens with zero attached hydrogens (tertiary/aromatic N) is 1. The molecule has 0 atom stereocenters. The summed E-state index contributed by atoms with van der Waals surface area (Å²) in [7, 11) is 2.09. The van der Waals surface area contributed by atoms with E-state index in [9.17, 15) is 0 Å². The molecule has 0 aliphatic carbocycles. The van der Waals surface area contributed by atoms with Gasteiger partial charge < -0.3 is 0 Å². The second kappa shape index (κ2) is 4.94. The summed E-state index contributed by atoms with van der Waals surface area (Å²) in [6.45, 7) is 15.7. The van der Waals surface area contributed by atoms with Crippen LogP contribution in [-0.4, -0.2) is 25.0 Å². The van der Waals surface area contributed by atoms with Crippen LogP contribution in [-0.2, 0) is 0 Å². The van der Waals surface area contributed by atoms with Crippen molar-refractivity contribution in [1.29, 1.82) is 0 Å². The van der Waals surface area contributed by atoms with Crippen LogP contribution in [0, 0.1) is 0 Å². The van der Waals surface area contributed by atoms with Crippen molar-refractivity contribution in [1.82, 2.24) is 4.90 Å². The lowest BCUT2D eigenvalue weighted by Crippen LogP contribution is -2.29. The Kier molecular flexibility index (Phi) is 3.87. The smallest absolute Gasteiger partial charge is 0.0240 e. The van der Waals surface area contributed by atoms with Gasteiger partial charge in [-0.3, -0.25) is 4.90 Å². The van der Waals surface area contributed by atoms with Gasteiger partial charge in [-0.1, -0.05) is 38.0 Å². The zero-order chi connectivity index (χ0) is 11.4. The van der Waals surface area contributed by atoms with Crippen molar-refractivity contribution in [3.63, 3.8) is 0 Å². The van der Waals surface area contributed by atoms with Crippen molar-refractivity contribution in [2.45, 2.75) is 6.92 Å². The molecule has 0 N–H and O–H groups in total. The lowest BCUT2D eigenvalue weighted by molar-refractivity contribution is 0.387. The summed E-state index contributed by atoms with van der Waals surface area (Å²) in [5.41, 5.74) is 4.76. The predicted molar refractivity (Wildman–Crippen MR) is 67.8 cm³/mol. The second-order valence-corrected chi connectivity index (χ2v) is 3.83. The van der Waals surface area contributed by atoms with Crippen molar-refractivity contribution in [3.8, 4) is 0 Å². The Morgan fingerprint density at radius 2 is 2.00 bits per heavy atom. The van der Waals surface area contributed by atoms with E-state index < -0.39 is 0 Å². The molecule has 1 heterocycles.